The monoisotopic (exact) mass is 172 g/mol. The van der Waals surface area contributed by atoms with Gasteiger partial charge in [0.1, 0.15) is 0 Å². The second kappa shape index (κ2) is 3.02. The van der Waals surface area contributed by atoms with Gasteiger partial charge in [-0.2, -0.15) is 8.42 Å². The Morgan fingerprint density at radius 3 is 2.36 bits per heavy atom. The Morgan fingerprint density at radius 2 is 1.91 bits per heavy atom. The van der Waals surface area contributed by atoms with Crippen molar-refractivity contribution in [3.63, 3.8) is 0 Å². The van der Waals surface area contributed by atoms with Crippen molar-refractivity contribution < 1.29 is 13.0 Å². The fourth-order valence-corrected chi connectivity index (χ4v) is 1.29. The molecule has 0 aromatic heterocycles. The van der Waals surface area contributed by atoms with Gasteiger partial charge in [0.05, 0.1) is 5.41 Å². The van der Waals surface area contributed by atoms with E-state index in [9.17, 15) is 8.42 Å². The summed E-state index contributed by atoms with van der Waals surface area (Å²) >= 11 is 0. The molecule has 0 aliphatic heterocycles. The topological polar surface area (TPSA) is 54.4 Å². The van der Waals surface area contributed by atoms with Crippen LogP contribution < -0.4 is 0 Å². The van der Waals surface area contributed by atoms with Gasteiger partial charge in [-0.25, -0.2) is 0 Å². The average Bonchev–Trinajstić information content (AvgIpc) is 1.85. The van der Waals surface area contributed by atoms with E-state index in [1.54, 1.807) is 12.2 Å². The number of hydrogen-bond acceptors (Lipinski definition) is 2. The van der Waals surface area contributed by atoms with Crippen LogP contribution in [0.2, 0.25) is 0 Å². The van der Waals surface area contributed by atoms with E-state index in [4.69, 9.17) is 4.55 Å². The maximum Gasteiger partial charge on any atom is 0.288 e. The van der Waals surface area contributed by atoms with Crippen LogP contribution in [0.5, 0.6) is 0 Å². The molecule has 0 saturated heterocycles. The Hall–Kier alpha value is -0.870. The summed E-state index contributed by atoms with van der Waals surface area (Å²) in [6.45, 7) is 0. The van der Waals surface area contributed by atoms with Crippen LogP contribution in [-0.2, 0) is 10.1 Å². The van der Waals surface area contributed by atoms with E-state index in [0.29, 0.717) is 5.57 Å². The lowest BCUT2D eigenvalue weighted by atomic mass is 10.1. The van der Waals surface area contributed by atoms with Crippen LogP contribution >= 0.6 is 0 Å². The number of rotatable bonds is 1. The van der Waals surface area contributed by atoms with Gasteiger partial charge in [0.15, 0.2) is 0 Å². The van der Waals surface area contributed by atoms with Crippen LogP contribution in [0.4, 0.5) is 0 Å². The van der Waals surface area contributed by atoms with Crippen molar-refractivity contribution in [1.29, 1.82) is 0 Å². The molecule has 3 nitrogen and oxygen atoms in total. The summed E-state index contributed by atoms with van der Waals surface area (Å²) in [6.07, 6.45) is 7.73. The molecular formula is C7H8O3S. The van der Waals surface area contributed by atoms with Crippen LogP contribution in [0, 0.1) is 0 Å². The molecular weight excluding hydrogens is 164 g/mol. The molecule has 1 aliphatic rings. The first kappa shape index (κ1) is 8.23. The standard InChI is InChI=1S/C7H8O3S/c8-11(9,10)6-7-4-2-1-3-5-7/h2-6H,1H2,(H,8,9,10). The number of allylic oxidation sites excluding steroid dienone is 5. The molecule has 0 radical (unpaired) electrons. The first-order valence-electron chi connectivity index (χ1n) is 3.10. The second-order valence-electron chi connectivity index (χ2n) is 2.17. The summed E-state index contributed by atoms with van der Waals surface area (Å²) in [7, 11) is -3.99. The molecule has 11 heavy (non-hydrogen) atoms. The van der Waals surface area contributed by atoms with E-state index < -0.39 is 10.1 Å². The highest BCUT2D eigenvalue weighted by molar-refractivity contribution is 7.88. The van der Waals surface area contributed by atoms with Gasteiger partial charge in [0.25, 0.3) is 10.1 Å². The fourth-order valence-electron chi connectivity index (χ4n) is 0.793. The average molecular weight is 172 g/mol. The van der Waals surface area contributed by atoms with Gasteiger partial charge in [0.2, 0.25) is 0 Å². The molecule has 0 saturated carbocycles. The molecule has 0 unspecified atom stereocenters. The molecule has 0 fully saturated rings. The molecule has 0 heterocycles. The maximum atomic E-state index is 10.3. The number of hydrogen-bond donors (Lipinski definition) is 1. The van der Waals surface area contributed by atoms with E-state index in [1.165, 1.54) is 0 Å². The SMILES string of the molecule is O=S(=O)(O)C=C1C=CCC=C1. The van der Waals surface area contributed by atoms with Gasteiger partial charge >= 0.3 is 0 Å². The lowest BCUT2D eigenvalue weighted by Crippen LogP contribution is -1.92. The molecule has 4 heteroatoms. The zero-order valence-corrected chi connectivity index (χ0v) is 6.58. The molecule has 0 aromatic rings. The summed E-state index contributed by atoms with van der Waals surface area (Å²) in [5, 5.41) is 0.819. The van der Waals surface area contributed by atoms with Crippen LogP contribution in [0.15, 0.2) is 35.3 Å². The van der Waals surface area contributed by atoms with E-state index in [2.05, 4.69) is 0 Å². The Morgan fingerprint density at radius 1 is 1.36 bits per heavy atom. The highest BCUT2D eigenvalue weighted by atomic mass is 32.2. The van der Waals surface area contributed by atoms with Gasteiger partial charge in [-0.15, -0.1) is 0 Å². The van der Waals surface area contributed by atoms with Gasteiger partial charge in [-0.3, -0.25) is 4.55 Å². The zero-order valence-electron chi connectivity index (χ0n) is 5.77. The Balaban J connectivity index is 2.91. The summed E-state index contributed by atoms with van der Waals surface area (Å²) in [4.78, 5) is 0. The van der Waals surface area contributed by atoms with Crippen molar-refractivity contribution in [2.45, 2.75) is 6.42 Å². The van der Waals surface area contributed by atoms with Gasteiger partial charge in [0, 0.05) is 0 Å². The van der Waals surface area contributed by atoms with Crippen molar-refractivity contribution in [1.82, 2.24) is 0 Å². The van der Waals surface area contributed by atoms with Crippen molar-refractivity contribution >= 4 is 10.1 Å². The molecule has 0 amide bonds. The first-order valence-corrected chi connectivity index (χ1v) is 4.60. The Bertz CT molecular complexity index is 306. The quantitative estimate of drug-likeness (QED) is 0.606. The predicted molar refractivity (Wildman–Crippen MR) is 42.5 cm³/mol. The third-order valence-corrected chi connectivity index (χ3v) is 1.75. The smallest absolute Gasteiger partial charge is 0.282 e. The van der Waals surface area contributed by atoms with Crippen molar-refractivity contribution in [3.05, 3.63) is 35.3 Å². The molecule has 0 atom stereocenters. The van der Waals surface area contributed by atoms with Crippen molar-refractivity contribution in [2.75, 3.05) is 0 Å². The first-order chi connectivity index (χ1) is 5.08. The molecule has 60 valence electrons. The molecule has 1 aliphatic carbocycles. The molecule has 0 spiro atoms. The van der Waals surface area contributed by atoms with Gasteiger partial charge in [-0.05, 0) is 12.0 Å². The third kappa shape index (κ3) is 3.15. The normalized spacial score (nSPS) is 17.0. The van der Waals surface area contributed by atoms with Gasteiger partial charge < -0.3 is 0 Å². The van der Waals surface area contributed by atoms with E-state index in [1.807, 2.05) is 12.2 Å². The predicted octanol–water partition coefficient (Wildman–Crippen LogP) is 1.27. The van der Waals surface area contributed by atoms with E-state index in [0.717, 1.165) is 11.8 Å². The van der Waals surface area contributed by atoms with E-state index >= 15 is 0 Å². The Kier molecular flexibility index (Phi) is 2.26. The van der Waals surface area contributed by atoms with Crippen LogP contribution in [0.1, 0.15) is 6.42 Å². The molecule has 0 aromatic carbocycles. The largest absolute Gasteiger partial charge is 0.288 e. The van der Waals surface area contributed by atoms with Crippen molar-refractivity contribution in [2.24, 2.45) is 0 Å². The highest BCUT2D eigenvalue weighted by Gasteiger charge is 2.00. The fraction of sp³-hybridized carbons (Fsp3) is 0.143. The Labute approximate surface area is 65.5 Å². The summed E-state index contributed by atoms with van der Waals surface area (Å²) < 4.78 is 29.0. The highest BCUT2D eigenvalue weighted by Crippen LogP contribution is 2.08. The van der Waals surface area contributed by atoms with Gasteiger partial charge in [-0.1, -0.05) is 24.3 Å². The molecule has 0 bridgehead atoms. The van der Waals surface area contributed by atoms with E-state index in [-0.39, 0.29) is 0 Å². The molecule has 1 rings (SSSR count). The van der Waals surface area contributed by atoms with Crippen LogP contribution in [-0.4, -0.2) is 13.0 Å². The maximum absolute atomic E-state index is 10.3. The second-order valence-corrected chi connectivity index (χ2v) is 3.44. The lowest BCUT2D eigenvalue weighted by molar-refractivity contribution is 0.494. The minimum absolute atomic E-state index is 0.499. The van der Waals surface area contributed by atoms with Crippen molar-refractivity contribution in [3.8, 4) is 0 Å². The van der Waals surface area contributed by atoms with Crippen LogP contribution in [0.25, 0.3) is 0 Å². The minimum atomic E-state index is -3.99. The molecule has 1 N–H and O–H groups in total. The lowest BCUT2D eigenvalue weighted by Gasteiger charge is -1.96. The summed E-state index contributed by atoms with van der Waals surface area (Å²) in [5.41, 5.74) is 0.499. The summed E-state index contributed by atoms with van der Waals surface area (Å²) in [5.74, 6) is 0. The third-order valence-electron chi connectivity index (χ3n) is 1.18. The van der Waals surface area contributed by atoms with Crippen LogP contribution in [0.3, 0.4) is 0 Å². The summed E-state index contributed by atoms with van der Waals surface area (Å²) in [6, 6.07) is 0. The minimum Gasteiger partial charge on any atom is -0.282 e. The zero-order chi connectivity index (χ0) is 8.32.